The Balaban J connectivity index is 1.87. The minimum atomic E-state index is -0.530. The minimum Gasteiger partial charge on any atom is -0.491 e. The van der Waals surface area contributed by atoms with Crippen molar-refractivity contribution in [2.45, 2.75) is 6.10 Å². The number of ether oxygens (including phenoxy) is 1. The number of aliphatic hydroxyl groups is 1. The van der Waals surface area contributed by atoms with Crippen LogP contribution in [0.1, 0.15) is 0 Å². The Morgan fingerprint density at radius 2 is 1.95 bits per heavy atom. The van der Waals surface area contributed by atoms with Crippen molar-refractivity contribution in [1.29, 1.82) is 0 Å². The van der Waals surface area contributed by atoms with Gasteiger partial charge < -0.3 is 20.9 Å². The lowest BCUT2D eigenvalue weighted by molar-refractivity contribution is 0.107. The molecule has 19 heavy (non-hydrogen) atoms. The summed E-state index contributed by atoms with van der Waals surface area (Å²) in [7, 11) is 0. The summed E-state index contributed by atoms with van der Waals surface area (Å²) in [5.41, 5.74) is 5.36. The van der Waals surface area contributed by atoms with Crippen molar-refractivity contribution < 1.29 is 9.84 Å². The Kier molecular flexibility index (Phi) is 5.15. The Labute approximate surface area is 113 Å². The second-order valence-electron chi connectivity index (χ2n) is 4.47. The van der Waals surface area contributed by atoms with Gasteiger partial charge in [0, 0.05) is 19.6 Å². The largest absolute Gasteiger partial charge is 0.491 e. The van der Waals surface area contributed by atoms with Crippen LogP contribution in [-0.4, -0.2) is 37.5 Å². The van der Waals surface area contributed by atoms with E-state index in [0.717, 1.165) is 11.1 Å². The number of aliphatic hydroxyl groups excluding tert-OH is 1. The maximum atomic E-state index is 9.72. The SMILES string of the molecule is NCCNCC(O)COc1ccc2ccccc2c1. The van der Waals surface area contributed by atoms with Gasteiger partial charge in [0.2, 0.25) is 0 Å². The molecule has 4 N–H and O–H groups in total. The molecule has 0 radical (unpaired) electrons. The fourth-order valence-corrected chi connectivity index (χ4v) is 1.88. The van der Waals surface area contributed by atoms with E-state index in [1.807, 2.05) is 36.4 Å². The molecule has 2 rings (SSSR count). The highest BCUT2D eigenvalue weighted by Crippen LogP contribution is 2.20. The Morgan fingerprint density at radius 1 is 1.16 bits per heavy atom. The van der Waals surface area contributed by atoms with Crippen LogP contribution in [0.3, 0.4) is 0 Å². The van der Waals surface area contributed by atoms with Crippen molar-refractivity contribution >= 4 is 10.8 Å². The maximum absolute atomic E-state index is 9.72. The van der Waals surface area contributed by atoms with Crippen molar-refractivity contribution in [3.63, 3.8) is 0 Å². The summed E-state index contributed by atoms with van der Waals surface area (Å²) < 4.78 is 5.59. The van der Waals surface area contributed by atoms with Crippen molar-refractivity contribution in [3.8, 4) is 5.75 Å². The number of rotatable bonds is 7. The Morgan fingerprint density at radius 3 is 2.74 bits per heavy atom. The zero-order valence-corrected chi connectivity index (χ0v) is 10.9. The van der Waals surface area contributed by atoms with E-state index in [0.29, 0.717) is 19.6 Å². The Hall–Kier alpha value is -1.62. The standard InChI is InChI=1S/C15H20N2O2/c16-7-8-17-10-14(18)11-19-15-6-5-12-3-1-2-4-13(12)9-15/h1-6,9,14,17-18H,7-8,10-11,16H2. The van der Waals surface area contributed by atoms with E-state index in [-0.39, 0.29) is 6.61 Å². The van der Waals surface area contributed by atoms with Crippen LogP contribution in [0.2, 0.25) is 0 Å². The van der Waals surface area contributed by atoms with Crippen LogP contribution in [-0.2, 0) is 0 Å². The van der Waals surface area contributed by atoms with Crippen LogP contribution < -0.4 is 15.8 Å². The van der Waals surface area contributed by atoms with Crippen molar-refractivity contribution in [2.24, 2.45) is 5.73 Å². The summed E-state index contributed by atoms with van der Waals surface area (Å²) in [6, 6.07) is 14.0. The minimum absolute atomic E-state index is 0.274. The van der Waals surface area contributed by atoms with Gasteiger partial charge in [-0.15, -0.1) is 0 Å². The normalized spacial score (nSPS) is 12.5. The molecule has 1 unspecified atom stereocenters. The number of fused-ring (bicyclic) bond motifs is 1. The van der Waals surface area contributed by atoms with Gasteiger partial charge >= 0.3 is 0 Å². The zero-order valence-electron chi connectivity index (χ0n) is 10.9. The molecule has 0 aliphatic rings. The van der Waals surface area contributed by atoms with E-state index in [1.54, 1.807) is 0 Å². The van der Waals surface area contributed by atoms with Crippen LogP contribution in [0.5, 0.6) is 5.75 Å². The van der Waals surface area contributed by atoms with Gasteiger partial charge in [0.05, 0.1) is 0 Å². The topological polar surface area (TPSA) is 67.5 Å². The Bertz CT molecular complexity index is 516. The highest BCUT2D eigenvalue weighted by molar-refractivity contribution is 5.83. The van der Waals surface area contributed by atoms with Crippen LogP contribution in [0, 0.1) is 0 Å². The van der Waals surface area contributed by atoms with Crippen molar-refractivity contribution in [2.75, 3.05) is 26.2 Å². The maximum Gasteiger partial charge on any atom is 0.120 e. The molecule has 0 fully saturated rings. The number of nitrogens with one attached hydrogen (secondary N) is 1. The van der Waals surface area contributed by atoms with Gasteiger partial charge in [0.15, 0.2) is 0 Å². The quantitative estimate of drug-likeness (QED) is 0.653. The predicted molar refractivity (Wildman–Crippen MR) is 77.4 cm³/mol. The lowest BCUT2D eigenvalue weighted by Gasteiger charge is -2.13. The molecule has 0 aliphatic carbocycles. The van der Waals surface area contributed by atoms with Crippen molar-refractivity contribution in [3.05, 3.63) is 42.5 Å². The summed E-state index contributed by atoms with van der Waals surface area (Å²) >= 11 is 0. The summed E-state index contributed by atoms with van der Waals surface area (Å²) in [5, 5.41) is 15.1. The molecule has 0 aliphatic heterocycles. The first-order chi connectivity index (χ1) is 9.29. The summed E-state index contributed by atoms with van der Waals surface area (Å²) in [6.45, 7) is 2.03. The fraction of sp³-hybridized carbons (Fsp3) is 0.333. The average molecular weight is 260 g/mol. The fourth-order valence-electron chi connectivity index (χ4n) is 1.88. The number of benzene rings is 2. The molecule has 0 bridgehead atoms. The van der Waals surface area contributed by atoms with Crippen molar-refractivity contribution in [1.82, 2.24) is 5.32 Å². The first-order valence-corrected chi connectivity index (χ1v) is 6.50. The second kappa shape index (κ2) is 7.09. The molecule has 2 aromatic carbocycles. The van der Waals surface area contributed by atoms with E-state index < -0.39 is 6.10 Å². The highest BCUT2D eigenvalue weighted by atomic mass is 16.5. The first kappa shape index (κ1) is 13.8. The molecule has 4 nitrogen and oxygen atoms in total. The first-order valence-electron chi connectivity index (χ1n) is 6.50. The number of nitrogens with two attached hydrogens (primary N) is 1. The third kappa shape index (κ3) is 4.21. The molecular weight excluding hydrogens is 240 g/mol. The molecule has 0 spiro atoms. The van der Waals surface area contributed by atoms with Gasteiger partial charge in [-0.2, -0.15) is 0 Å². The molecule has 0 saturated heterocycles. The lowest BCUT2D eigenvalue weighted by Crippen LogP contribution is -2.34. The smallest absolute Gasteiger partial charge is 0.120 e. The van der Waals surface area contributed by atoms with E-state index in [1.165, 1.54) is 5.39 Å². The number of hydrogen-bond donors (Lipinski definition) is 3. The second-order valence-corrected chi connectivity index (χ2v) is 4.47. The van der Waals surface area contributed by atoms with Gasteiger partial charge in [-0.3, -0.25) is 0 Å². The van der Waals surface area contributed by atoms with Gasteiger partial charge in [-0.1, -0.05) is 30.3 Å². The van der Waals surface area contributed by atoms with E-state index >= 15 is 0 Å². The predicted octanol–water partition coefficient (Wildman–Crippen LogP) is 1.13. The van der Waals surface area contributed by atoms with Crippen LogP contribution in [0.25, 0.3) is 10.8 Å². The molecule has 0 saturated carbocycles. The van der Waals surface area contributed by atoms with Crippen LogP contribution in [0.4, 0.5) is 0 Å². The van der Waals surface area contributed by atoms with E-state index in [4.69, 9.17) is 10.5 Å². The molecule has 102 valence electrons. The van der Waals surface area contributed by atoms with Crippen LogP contribution in [0.15, 0.2) is 42.5 Å². The third-order valence-corrected chi connectivity index (χ3v) is 2.86. The molecule has 2 aromatic rings. The molecule has 0 aromatic heterocycles. The van der Waals surface area contributed by atoms with Crippen LogP contribution >= 0.6 is 0 Å². The average Bonchev–Trinajstić information content (AvgIpc) is 2.45. The lowest BCUT2D eigenvalue weighted by atomic mass is 10.1. The highest BCUT2D eigenvalue weighted by Gasteiger charge is 2.04. The van der Waals surface area contributed by atoms with Gasteiger partial charge in [0.1, 0.15) is 18.5 Å². The third-order valence-electron chi connectivity index (χ3n) is 2.86. The molecular formula is C15H20N2O2. The molecule has 4 heteroatoms. The monoisotopic (exact) mass is 260 g/mol. The zero-order chi connectivity index (χ0) is 13.5. The molecule has 0 heterocycles. The molecule has 0 amide bonds. The van der Waals surface area contributed by atoms with Gasteiger partial charge in [-0.25, -0.2) is 0 Å². The molecule has 1 atom stereocenters. The summed E-state index contributed by atoms with van der Waals surface area (Å²) in [5.74, 6) is 0.775. The number of hydrogen-bond acceptors (Lipinski definition) is 4. The van der Waals surface area contributed by atoms with Gasteiger partial charge in [0.25, 0.3) is 0 Å². The summed E-state index contributed by atoms with van der Waals surface area (Å²) in [6.07, 6.45) is -0.530. The summed E-state index contributed by atoms with van der Waals surface area (Å²) in [4.78, 5) is 0. The van der Waals surface area contributed by atoms with E-state index in [2.05, 4.69) is 11.4 Å². The van der Waals surface area contributed by atoms with Gasteiger partial charge in [-0.05, 0) is 22.9 Å². The van der Waals surface area contributed by atoms with E-state index in [9.17, 15) is 5.11 Å².